The smallest absolute Gasteiger partial charge is 0.305 e. The number of methoxy groups -OCH3 is 1. The zero-order valence-corrected chi connectivity index (χ0v) is 19.6. The van der Waals surface area contributed by atoms with Gasteiger partial charge in [-0.2, -0.15) is 0 Å². The fourth-order valence-corrected chi connectivity index (χ4v) is 4.07. The number of fused-ring (bicyclic) bond motifs is 1. The maximum atomic E-state index is 12.9. The Hall–Kier alpha value is -3.08. The molecule has 0 bridgehead atoms. The highest BCUT2D eigenvalue weighted by molar-refractivity contribution is 5.94. The van der Waals surface area contributed by atoms with Crippen LogP contribution in [0.1, 0.15) is 57.8 Å². The highest BCUT2D eigenvalue weighted by Gasteiger charge is 2.12. The largest absolute Gasteiger partial charge is 0.488 e. The lowest BCUT2D eigenvalue weighted by atomic mass is 9.97. The van der Waals surface area contributed by atoms with Crippen LogP contribution in [0.3, 0.4) is 0 Å². The Kier molecular flexibility index (Phi) is 10.0. The van der Waals surface area contributed by atoms with E-state index in [-0.39, 0.29) is 18.5 Å². The van der Waals surface area contributed by atoms with E-state index in [2.05, 4.69) is 11.4 Å². The number of hydrogen-bond donors (Lipinski definition) is 1. The molecule has 5 nitrogen and oxygen atoms in total. The molecule has 2 aromatic carbocycles. The van der Waals surface area contributed by atoms with Gasteiger partial charge >= 0.3 is 5.97 Å². The van der Waals surface area contributed by atoms with E-state index < -0.39 is 0 Å². The van der Waals surface area contributed by atoms with Gasteiger partial charge in [-0.25, -0.2) is 0 Å². The number of esters is 1. The van der Waals surface area contributed by atoms with Crippen molar-refractivity contribution in [2.24, 2.45) is 0 Å². The third kappa shape index (κ3) is 8.08. The van der Waals surface area contributed by atoms with E-state index in [4.69, 9.17) is 9.47 Å². The summed E-state index contributed by atoms with van der Waals surface area (Å²) in [6.07, 6.45) is 12.6. The summed E-state index contributed by atoms with van der Waals surface area (Å²) in [5.74, 6) is 0.484. The van der Waals surface area contributed by atoms with E-state index in [9.17, 15) is 9.59 Å². The number of carbonyl (C=O) groups is 2. The molecule has 5 heteroatoms. The molecule has 0 atom stereocenters. The van der Waals surface area contributed by atoms with Gasteiger partial charge in [0, 0.05) is 18.4 Å². The highest BCUT2D eigenvalue weighted by atomic mass is 16.5. The van der Waals surface area contributed by atoms with Gasteiger partial charge in [0.05, 0.1) is 12.7 Å². The second-order valence-corrected chi connectivity index (χ2v) is 8.43. The minimum atomic E-state index is -0.201. The number of allylic oxidation sites excluding steroid dienone is 2. The average Bonchev–Trinajstić information content (AvgIpc) is 2.86. The molecule has 0 fully saturated rings. The molecule has 0 heterocycles. The first-order valence-electron chi connectivity index (χ1n) is 12.0. The lowest BCUT2D eigenvalue weighted by molar-refractivity contribution is -0.140. The van der Waals surface area contributed by atoms with Crippen molar-refractivity contribution >= 4 is 22.6 Å². The number of nitrogens with one attached hydrogen (secondary N) is 1. The second-order valence-electron chi connectivity index (χ2n) is 8.43. The number of benzene rings is 2. The average molecular weight is 450 g/mol. The van der Waals surface area contributed by atoms with E-state index in [0.29, 0.717) is 25.0 Å². The SMILES string of the molecule is COC(=O)CCCC/C=C(\COc1cccc2ccccc12)C(=O)NCCC1=CCCCC1. The van der Waals surface area contributed by atoms with Crippen molar-refractivity contribution < 1.29 is 19.1 Å². The van der Waals surface area contributed by atoms with Crippen molar-refractivity contribution in [1.82, 2.24) is 5.32 Å². The molecule has 3 rings (SSSR count). The third-order valence-corrected chi connectivity index (χ3v) is 5.99. The van der Waals surface area contributed by atoms with Crippen LogP contribution >= 0.6 is 0 Å². The topological polar surface area (TPSA) is 64.6 Å². The van der Waals surface area contributed by atoms with Crippen LogP contribution in [0.2, 0.25) is 0 Å². The maximum absolute atomic E-state index is 12.9. The fourth-order valence-electron chi connectivity index (χ4n) is 4.07. The Morgan fingerprint density at radius 3 is 2.73 bits per heavy atom. The van der Waals surface area contributed by atoms with Crippen LogP contribution in [0.5, 0.6) is 5.75 Å². The Morgan fingerprint density at radius 2 is 1.91 bits per heavy atom. The number of rotatable bonds is 12. The molecule has 0 aliphatic heterocycles. The summed E-state index contributed by atoms with van der Waals surface area (Å²) in [5.41, 5.74) is 2.07. The van der Waals surface area contributed by atoms with Gasteiger partial charge in [-0.3, -0.25) is 9.59 Å². The molecule has 1 N–H and O–H groups in total. The van der Waals surface area contributed by atoms with Gasteiger partial charge < -0.3 is 14.8 Å². The summed E-state index contributed by atoms with van der Waals surface area (Å²) in [6, 6.07) is 14.0. The lowest BCUT2D eigenvalue weighted by Gasteiger charge is -2.15. The first kappa shape index (κ1) is 24.6. The summed E-state index contributed by atoms with van der Waals surface area (Å²) < 4.78 is 10.8. The Labute approximate surface area is 196 Å². The molecule has 176 valence electrons. The van der Waals surface area contributed by atoms with Gasteiger partial charge in [0.2, 0.25) is 5.91 Å². The van der Waals surface area contributed by atoms with Crippen LogP contribution in [0.15, 0.2) is 65.8 Å². The van der Waals surface area contributed by atoms with E-state index in [0.717, 1.165) is 48.6 Å². The zero-order chi connectivity index (χ0) is 23.3. The molecule has 1 amide bonds. The van der Waals surface area contributed by atoms with Gasteiger partial charge in [0.15, 0.2) is 0 Å². The molecular weight excluding hydrogens is 414 g/mol. The van der Waals surface area contributed by atoms with Crippen molar-refractivity contribution in [3.05, 3.63) is 65.8 Å². The predicted molar refractivity (Wildman–Crippen MR) is 132 cm³/mol. The molecule has 2 aromatic rings. The number of amides is 1. The van der Waals surface area contributed by atoms with E-state index >= 15 is 0 Å². The Morgan fingerprint density at radius 1 is 1.06 bits per heavy atom. The monoisotopic (exact) mass is 449 g/mol. The molecule has 1 aliphatic carbocycles. The van der Waals surface area contributed by atoms with Gasteiger partial charge in [0.25, 0.3) is 0 Å². The molecular formula is C28H35NO4. The fraction of sp³-hybridized carbons (Fsp3) is 0.429. The second kappa shape index (κ2) is 13.5. The zero-order valence-electron chi connectivity index (χ0n) is 19.6. The van der Waals surface area contributed by atoms with E-state index in [1.54, 1.807) is 0 Å². The summed E-state index contributed by atoms with van der Waals surface area (Å²) >= 11 is 0. The van der Waals surface area contributed by atoms with Gasteiger partial charge in [0.1, 0.15) is 12.4 Å². The molecule has 0 unspecified atom stereocenters. The molecule has 0 saturated heterocycles. The van der Waals surface area contributed by atoms with Crippen LogP contribution in [-0.2, 0) is 14.3 Å². The summed E-state index contributed by atoms with van der Waals surface area (Å²) in [5, 5.41) is 5.20. The van der Waals surface area contributed by atoms with Crippen LogP contribution in [-0.4, -0.2) is 32.1 Å². The van der Waals surface area contributed by atoms with Gasteiger partial charge in [-0.05, 0) is 62.8 Å². The van der Waals surface area contributed by atoms with E-state index in [1.165, 1.54) is 25.5 Å². The van der Waals surface area contributed by atoms with Gasteiger partial charge in [-0.1, -0.05) is 54.1 Å². The number of hydrogen-bond acceptors (Lipinski definition) is 4. The molecule has 0 aromatic heterocycles. The summed E-state index contributed by atoms with van der Waals surface area (Å²) in [7, 11) is 1.40. The first-order chi connectivity index (χ1) is 16.2. The molecule has 0 radical (unpaired) electrons. The molecule has 0 spiro atoms. The van der Waals surface area contributed by atoms with E-state index in [1.807, 2.05) is 48.5 Å². The van der Waals surface area contributed by atoms with Crippen molar-refractivity contribution in [2.75, 3.05) is 20.3 Å². The standard InChI is InChI=1S/C28H35NO4/c1-32-27(30)18-7-3-6-14-24(28(31)29-20-19-22-11-4-2-5-12-22)21-33-26-17-10-15-23-13-8-9-16-25(23)26/h8-11,13-17H,2-7,12,18-21H2,1H3,(H,29,31)/b24-14+. The van der Waals surface area contributed by atoms with Crippen molar-refractivity contribution in [1.29, 1.82) is 0 Å². The molecule has 1 aliphatic rings. The number of ether oxygens (including phenoxy) is 2. The maximum Gasteiger partial charge on any atom is 0.305 e. The summed E-state index contributed by atoms with van der Waals surface area (Å²) in [4.78, 5) is 24.2. The summed E-state index contributed by atoms with van der Waals surface area (Å²) in [6.45, 7) is 0.845. The minimum absolute atomic E-state index is 0.0837. The quantitative estimate of drug-likeness (QED) is 0.190. The molecule has 0 saturated carbocycles. The number of unbranched alkanes of at least 4 members (excludes halogenated alkanes) is 2. The Balaban J connectivity index is 1.59. The van der Waals surface area contributed by atoms with Crippen LogP contribution < -0.4 is 10.1 Å². The van der Waals surface area contributed by atoms with Crippen molar-refractivity contribution in [3.63, 3.8) is 0 Å². The Bertz CT molecular complexity index is 987. The van der Waals surface area contributed by atoms with Crippen LogP contribution in [0, 0.1) is 0 Å². The number of carbonyl (C=O) groups excluding carboxylic acids is 2. The lowest BCUT2D eigenvalue weighted by Crippen LogP contribution is -2.28. The van der Waals surface area contributed by atoms with Crippen LogP contribution in [0.4, 0.5) is 0 Å². The predicted octanol–water partition coefficient (Wildman–Crippen LogP) is 5.89. The normalized spacial score (nSPS) is 14.0. The third-order valence-electron chi connectivity index (χ3n) is 5.99. The van der Waals surface area contributed by atoms with Crippen LogP contribution in [0.25, 0.3) is 10.8 Å². The van der Waals surface area contributed by atoms with Gasteiger partial charge in [-0.15, -0.1) is 0 Å². The molecule has 33 heavy (non-hydrogen) atoms. The van der Waals surface area contributed by atoms with Crippen molar-refractivity contribution in [3.8, 4) is 5.75 Å². The van der Waals surface area contributed by atoms with Crippen molar-refractivity contribution in [2.45, 2.75) is 57.8 Å². The highest BCUT2D eigenvalue weighted by Crippen LogP contribution is 2.25. The minimum Gasteiger partial charge on any atom is -0.488 e. The first-order valence-corrected chi connectivity index (χ1v) is 12.0.